The van der Waals surface area contributed by atoms with Crippen molar-refractivity contribution in [3.63, 3.8) is 0 Å². The molecule has 0 atom stereocenters. The van der Waals surface area contributed by atoms with Crippen molar-refractivity contribution >= 4 is 28.2 Å². The van der Waals surface area contributed by atoms with E-state index in [1.165, 1.54) is 22.6 Å². The van der Waals surface area contributed by atoms with Crippen molar-refractivity contribution < 1.29 is 4.79 Å². The highest BCUT2D eigenvalue weighted by Gasteiger charge is 2.44. The molecule has 0 unspecified atom stereocenters. The first kappa shape index (κ1) is 18.1. The topological polar surface area (TPSA) is 61.4 Å². The molecule has 5 rings (SSSR count). The number of urea groups is 1. The van der Waals surface area contributed by atoms with Crippen molar-refractivity contribution in [3.8, 4) is 10.6 Å². The number of nitrogens with one attached hydrogen (secondary N) is 1. The van der Waals surface area contributed by atoms with Gasteiger partial charge in [-0.15, -0.1) is 10.2 Å². The predicted octanol–water partition coefficient (Wildman–Crippen LogP) is 4.22. The molecule has 2 aliphatic rings. The molecule has 7 heteroatoms. The average Bonchev–Trinajstić information content (AvgIpc) is 3.33. The summed E-state index contributed by atoms with van der Waals surface area (Å²) in [4.78, 5) is 17.0. The van der Waals surface area contributed by atoms with Crippen LogP contribution in [-0.2, 0) is 5.41 Å². The molecule has 0 saturated carbocycles. The number of likely N-dealkylation sites (N-methyl/N-ethyl adjacent to an activating group) is 1. The third-order valence-corrected chi connectivity index (χ3v) is 6.98. The fourth-order valence-electron chi connectivity index (χ4n) is 4.59. The molecule has 1 saturated heterocycles. The number of anilines is 2. The van der Waals surface area contributed by atoms with Crippen LogP contribution in [0.3, 0.4) is 0 Å². The summed E-state index contributed by atoms with van der Waals surface area (Å²) in [5.41, 5.74) is 3.92. The maximum absolute atomic E-state index is 12.8. The fourth-order valence-corrected chi connectivity index (χ4v) is 5.32. The Morgan fingerprint density at radius 2 is 1.76 bits per heavy atom. The normalized spacial score (nSPS) is 17.4. The Kier molecular flexibility index (Phi) is 4.47. The standard InChI is InChI=1S/C22H23N5OS/c1-26-15-22(17-9-5-6-10-18(17)26)11-13-27(14-12-22)21(28)23-20-25-24-19(29-20)16-7-3-2-4-8-16/h2-10H,11-15H2,1H3,(H,23,25,28). The van der Waals surface area contributed by atoms with Crippen LogP contribution in [0.15, 0.2) is 54.6 Å². The molecular weight excluding hydrogens is 382 g/mol. The van der Waals surface area contributed by atoms with Gasteiger partial charge in [0, 0.05) is 43.3 Å². The Bertz CT molecular complexity index is 1030. The third kappa shape index (κ3) is 3.25. The maximum atomic E-state index is 12.8. The number of carbonyl (C=O) groups excluding carboxylic acids is 1. The number of aromatic nitrogens is 2. The highest BCUT2D eigenvalue weighted by atomic mass is 32.1. The van der Waals surface area contributed by atoms with Crippen LogP contribution in [0, 0.1) is 0 Å². The van der Waals surface area contributed by atoms with E-state index in [1.807, 2.05) is 35.2 Å². The van der Waals surface area contributed by atoms with E-state index in [1.54, 1.807) is 0 Å². The summed E-state index contributed by atoms with van der Waals surface area (Å²) in [6, 6.07) is 18.5. The summed E-state index contributed by atoms with van der Waals surface area (Å²) < 4.78 is 0. The van der Waals surface area contributed by atoms with E-state index in [2.05, 4.69) is 51.7 Å². The van der Waals surface area contributed by atoms with Gasteiger partial charge in [-0.3, -0.25) is 5.32 Å². The van der Waals surface area contributed by atoms with Crippen LogP contribution in [0.1, 0.15) is 18.4 Å². The lowest BCUT2D eigenvalue weighted by Gasteiger charge is -2.39. The molecule has 1 fully saturated rings. The summed E-state index contributed by atoms with van der Waals surface area (Å²) in [6.45, 7) is 2.52. The smallest absolute Gasteiger partial charge is 0.323 e. The van der Waals surface area contributed by atoms with Crippen molar-refractivity contribution in [2.24, 2.45) is 0 Å². The van der Waals surface area contributed by atoms with E-state index < -0.39 is 0 Å². The quantitative estimate of drug-likeness (QED) is 0.693. The van der Waals surface area contributed by atoms with Gasteiger partial charge in [0.15, 0.2) is 0 Å². The Labute approximate surface area is 174 Å². The summed E-state index contributed by atoms with van der Waals surface area (Å²) in [5, 5.41) is 12.6. The zero-order valence-corrected chi connectivity index (χ0v) is 17.2. The molecule has 0 aliphatic carbocycles. The van der Waals surface area contributed by atoms with Crippen molar-refractivity contribution in [2.45, 2.75) is 18.3 Å². The summed E-state index contributed by atoms with van der Waals surface area (Å²) in [6.07, 6.45) is 1.96. The van der Waals surface area contributed by atoms with Crippen LogP contribution in [0.4, 0.5) is 15.6 Å². The minimum Gasteiger partial charge on any atom is -0.373 e. The SMILES string of the molecule is CN1CC2(CCN(C(=O)Nc3nnc(-c4ccccc4)s3)CC2)c2ccccc21. The monoisotopic (exact) mass is 405 g/mol. The number of hydrogen-bond donors (Lipinski definition) is 1. The van der Waals surface area contributed by atoms with Gasteiger partial charge in [0.25, 0.3) is 0 Å². The van der Waals surface area contributed by atoms with Crippen LogP contribution in [0.25, 0.3) is 10.6 Å². The Hall–Kier alpha value is -2.93. The van der Waals surface area contributed by atoms with Crippen LogP contribution < -0.4 is 10.2 Å². The van der Waals surface area contributed by atoms with E-state index in [4.69, 9.17) is 0 Å². The van der Waals surface area contributed by atoms with Gasteiger partial charge in [-0.05, 0) is 24.5 Å². The van der Waals surface area contributed by atoms with Crippen LogP contribution in [-0.4, -0.2) is 47.8 Å². The van der Waals surface area contributed by atoms with E-state index in [0.29, 0.717) is 5.13 Å². The lowest BCUT2D eigenvalue weighted by atomic mass is 9.74. The number of nitrogens with zero attached hydrogens (tertiary/aromatic N) is 4. The highest BCUT2D eigenvalue weighted by Crippen LogP contribution is 2.46. The Morgan fingerprint density at radius 1 is 1.03 bits per heavy atom. The van der Waals surface area contributed by atoms with Crippen LogP contribution in [0.2, 0.25) is 0 Å². The number of likely N-dealkylation sites (tertiary alicyclic amines) is 1. The molecule has 1 N–H and O–H groups in total. The molecule has 6 nitrogen and oxygen atoms in total. The fraction of sp³-hybridized carbons (Fsp3) is 0.318. The maximum Gasteiger partial charge on any atom is 0.323 e. The molecule has 1 aromatic heterocycles. The second-order valence-electron chi connectivity index (χ2n) is 7.85. The Morgan fingerprint density at radius 3 is 2.55 bits per heavy atom. The molecule has 2 amide bonds. The van der Waals surface area contributed by atoms with Crippen molar-refractivity contribution in [1.29, 1.82) is 0 Å². The van der Waals surface area contributed by atoms with Crippen molar-refractivity contribution in [3.05, 3.63) is 60.2 Å². The number of fused-ring (bicyclic) bond motifs is 2. The summed E-state index contributed by atoms with van der Waals surface area (Å²) in [7, 11) is 2.16. The first-order chi connectivity index (χ1) is 14.1. The van der Waals surface area contributed by atoms with Gasteiger partial charge in [0.05, 0.1) is 0 Å². The van der Waals surface area contributed by atoms with E-state index in [-0.39, 0.29) is 11.4 Å². The Balaban J connectivity index is 1.24. The number of carbonyl (C=O) groups is 1. The van der Waals surface area contributed by atoms with Crippen LogP contribution in [0.5, 0.6) is 0 Å². The van der Waals surface area contributed by atoms with Crippen molar-refractivity contribution in [1.82, 2.24) is 15.1 Å². The number of hydrogen-bond acceptors (Lipinski definition) is 5. The molecule has 0 radical (unpaired) electrons. The molecule has 3 aromatic rings. The first-order valence-corrected chi connectivity index (χ1v) is 10.7. The lowest BCUT2D eigenvalue weighted by Crippen LogP contribution is -2.48. The zero-order chi connectivity index (χ0) is 19.8. The highest BCUT2D eigenvalue weighted by molar-refractivity contribution is 7.18. The lowest BCUT2D eigenvalue weighted by molar-refractivity contribution is 0.173. The minimum absolute atomic E-state index is 0.0877. The molecule has 29 heavy (non-hydrogen) atoms. The molecule has 148 valence electrons. The minimum atomic E-state index is -0.0877. The zero-order valence-electron chi connectivity index (χ0n) is 16.3. The molecule has 1 spiro atoms. The number of para-hydroxylation sites is 1. The van der Waals surface area contributed by atoms with Gasteiger partial charge >= 0.3 is 6.03 Å². The number of rotatable bonds is 2. The van der Waals surface area contributed by atoms with Gasteiger partial charge in [0.1, 0.15) is 5.01 Å². The molecule has 2 aromatic carbocycles. The number of benzene rings is 2. The van der Waals surface area contributed by atoms with E-state index >= 15 is 0 Å². The third-order valence-electron chi connectivity index (χ3n) is 6.09. The second kappa shape index (κ2) is 7.15. The van der Waals surface area contributed by atoms with Gasteiger partial charge in [-0.1, -0.05) is 59.9 Å². The van der Waals surface area contributed by atoms with Gasteiger partial charge in [-0.25, -0.2) is 4.79 Å². The average molecular weight is 406 g/mol. The molecular formula is C22H23N5OS. The van der Waals surface area contributed by atoms with Gasteiger partial charge < -0.3 is 9.80 Å². The molecule has 0 bridgehead atoms. The first-order valence-electron chi connectivity index (χ1n) is 9.90. The summed E-state index contributed by atoms with van der Waals surface area (Å²) >= 11 is 1.40. The van der Waals surface area contributed by atoms with E-state index in [9.17, 15) is 4.79 Å². The van der Waals surface area contributed by atoms with Gasteiger partial charge in [0.2, 0.25) is 5.13 Å². The number of piperidine rings is 1. The van der Waals surface area contributed by atoms with E-state index in [0.717, 1.165) is 43.0 Å². The largest absolute Gasteiger partial charge is 0.373 e. The van der Waals surface area contributed by atoms with Crippen molar-refractivity contribution in [2.75, 3.05) is 36.9 Å². The molecule has 3 heterocycles. The molecule has 2 aliphatic heterocycles. The predicted molar refractivity (Wildman–Crippen MR) is 117 cm³/mol. The number of amides is 2. The van der Waals surface area contributed by atoms with Gasteiger partial charge in [-0.2, -0.15) is 0 Å². The summed E-state index contributed by atoms with van der Waals surface area (Å²) in [5.74, 6) is 0. The van der Waals surface area contributed by atoms with Crippen LogP contribution >= 0.6 is 11.3 Å². The second-order valence-corrected chi connectivity index (χ2v) is 8.83.